The first-order chi connectivity index (χ1) is 13.1. The fourth-order valence-corrected chi connectivity index (χ4v) is 3.67. The Morgan fingerprint density at radius 2 is 1.93 bits per heavy atom. The number of carbonyl (C=O) groups excluding carboxylic acids is 1. The number of hydrogen-bond donors (Lipinski definition) is 1. The maximum Gasteiger partial charge on any atom is 0.256 e. The third-order valence-corrected chi connectivity index (χ3v) is 5.19. The monoisotopic (exact) mass is 383 g/mol. The van der Waals surface area contributed by atoms with Gasteiger partial charge in [0.25, 0.3) is 5.91 Å². The van der Waals surface area contributed by atoms with Crippen LogP contribution < -0.4 is 5.32 Å². The Morgan fingerprint density at radius 3 is 2.70 bits per heavy atom. The van der Waals surface area contributed by atoms with Crippen LogP contribution >= 0.6 is 11.6 Å². The number of pyridine rings is 1. The van der Waals surface area contributed by atoms with E-state index in [1.165, 1.54) is 12.1 Å². The van der Waals surface area contributed by atoms with E-state index in [9.17, 15) is 9.18 Å². The number of piperidine rings is 1. The van der Waals surface area contributed by atoms with E-state index in [-0.39, 0.29) is 17.5 Å². The summed E-state index contributed by atoms with van der Waals surface area (Å²) in [5, 5.41) is 5.24. The Hall–Kier alpha value is -2.66. The number of hydrogen-bond acceptors (Lipinski definition) is 3. The maximum absolute atomic E-state index is 13.9. The van der Waals surface area contributed by atoms with Crippen molar-refractivity contribution in [3.8, 4) is 0 Å². The van der Waals surface area contributed by atoms with Crippen molar-refractivity contribution in [1.29, 1.82) is 0 Å². The number of anilines is 1. The maximum atomic E-state index is 13.9. The molecule has 1 aliphatic heterocycles. The van der Waals surface area contributed by atoms with Crippen molar-refractivity contribution in [2.75, 3.05) is 18.4 Å². The first kappa shape index (κ1) is 17.7. The van der Waals surface area contributed by atoms with Gasteiger partial charge in [-0.1, -0.05) is 23.7 Å². The van der Waals surface area contributed by atoms with Crippen LogP contribution in [-0.4, -0.2) is 34.9 Å². The second-order valence-corrected chi connectivity index (χ2v) is 7.15. The fraction of sp³-hybridized carbons (Fsp3) is 0.238. The molecule has 4 nitrogen and oxygen atoms in total. The number of nitrogens with one attached hydrogen (secondary N) is 1. The predicted molar refractivity (Wildman–Crippen MR) is 106 cm³/mol. The van der Waals surface area contributed by atoms with E-state index in [2.05, 4.69) is 10.3 Å². The molecule has 0 unspecified atom stereocenters. The summed E-state index contributed by atoms with van der Waals surface area (Å²) in [6.45, 7) is 1.19. The van der Waals surface area contributed by atoms with Gasteiger partial charge in [-0.15, -0.1) is 0 Å². The second kappa shape index (κ2) is 7.53. The summed E-state index contributed by atoms with van der Waals surface area (Å²) in [4.78, 5) is 18.6. The normalized spacial score (nSPS) is 15.1. The standard InChI is InChI=1S/C21H19ClFN3O/c22-14-5-6-17-19(7-10-24-20(17)13-14)25-15-8-11-26(12-9-15)21(27)16-3-1-2-4-18(16)23/h1-7,10,13,15H,8-9,11-12H2,(H,24,25). The van der Waals surface area contributed by atoms with E-state index in [1.54, 1.807) is 23.2 Å². The molecule has 0 saturated carbocycles. The highest BCUT2D eigenvalue weighted by Gasteiger charge is 2.25. The lowest BCUT2D eigenvalue weighted by molar-refractivity contribution is 0.0714. The van der Waals surface area contributed by atoms with Gasteiger partial charge in [0.05, 0.1) is 11.1 Å². The average Bonchev–Trinajstić information content (AvgIpc) is 2.68. The molecule has 0 spiro atoms. The van der Waals surface area contributed by atoms with Gasteiger partial charge >= 0.3 is 0 Å². The van der Waals surface area contributed by atoms with Crippen LogP contribution in [0.25, 0.3) is 10.9 Å². The Kier molecular flexibility index (Phi) is 4.94. The molecule has 1 fully saturated rings. The average molecular weight is 384 g/mol. The Morgan fingerprint density at radius 1 is 1.15 bits per heavy atom. The summed E-state index contributed by atoms with van der Waals surface area (Å²) in [6, 6.07) is 14.0. The van der Waals surface area contributed by atoms with Gasteiger partial charge in [0.1, 0.15) is 5.82 Å². The zero-order valence-electron chi connectivity index (χ0n) is 14.7. The zero-order valence-corrected chi connectivity index (χ0v) is 15.4. The summed E-state index contributed by atoms with van der Waals surface area (Å²) in [6.07, 6.45) is 3.37. The number of benzene rings is 2. The van der Waals surface area contributed by atoms with E-state index in [4.69, 9.17) is 11.6 Å². The molecule has 1 saturated heterocycles. The minimum Gasteiger partial charge on any atom is -0.382 e. The van der Waals surface area contributed by atoms with E-state index >= 15 is 0 Å². The van der Waals surface area contributed by atoms with Crippen LogP contribution in [0.1, 0.15) is 23.2 Å². The second-order valence-electron chi connectivity index (χ2n) is 6.71. The minimum absolute atomic E-state index is 0.140. The molecule has 1 aromatic heterocycles. The third-order valence-electron chi connectivity index (χ3n) is 4.95. The Balaban J connectivity index is 1.43. The third kappa shape index (κ3) is 3.74. The number of likely N-dealkylation sites (tertiary alicyclic amines) is 1. The summed E-state index contributed by atoms with van der Waals surface area (Å²) in [7, 11) is 0. The van der Waals surface area contributed by atoms with Gasteiger partial charge in [0.2, 0.25) is 0 Å². The molecule has 1 amide bonds. The van der Waals surface area contributed by atoms with Crippen LogP contribution in [0.2, 0.25) is 5.02 Å². The highest BCUT2D eigenvalue weighted by atomic mass is 35.5. The van der Waals surface area contributed by atoms with Gasteiger partial charge < -0.3 is 10.2 Å². The molecule has 1 N–H and O–H groups in total. The van der Waals surface area contributed by atoms with Crippen LogP contribution in [-0.2, 0) is 0 Å². The van der Waals surface area contributed by atoms with Crippen molar-refractivity contribution in [2.24, 2.45) is 0 Å². The lowest BCUT2D eigenvalue weighted by Crippen LogP contribution is -2.42. The molecule has 0 atom stereocenters. The van der Waals surface area contributed by atoms with Crippen molar-refractivity contribution in [3.05, 3.63) is 71.1 Å². The number of amides is 1. The highest BCUT2D eigenvalue weighted by molar-refractivity contribution is 6.31. The molecule has 138 valence electrons. The molecule has 1 aliphatic rings. The van der Waals surface area contributed by atoms with Crippen LogP contribution in [0.15, 0.2) is 54.7 Å². The molecule has 3 aromatic rings. The molecule has 27 heavy (non-hydrogen) atoms. The predicted octanol–water partition coefficient (Wildman–Crippen LogP) is 4.74. The number of rotatable bonds is 3. The largest absolute Gasteiger partial charge is 0.382 e. The van der Waals surface area contributed by atoms with Gasteiger partial charge in [-0.25, -0.2) is 4.39 Å². The van der Waals surface area contributed by atoms with E-state index < -0.39 is 5.82 Å². The van der Waals surface area contributed by atoms with Gasteiger partial charge in [0.15, 0.2) is 0 Å². The van der Waals surface area contributed by atoms with Crippen LogP contribution in [0, 0.1) is 5.82 Å². The summed E-state index contributed by atoms with van der Waals surface area (Å²) >= 11 is 6.05. The molecule has 0 bridgehead atoms. The molecule has 2 heterocycles. The van der Waals surface area contributed by atoms with E-state index in [0.717, 1.165) is 29.4 Å². The first-order valence-corrected chi connectivity index (χ1v) is 9.34. The Labute approximate surface area is 162 Å². The number of carbonyl (C=O) groups is 1. The minimum atomic E-state index is -0.468. The number of aromatic nitrogens is 1. The van der Waals surface area contributed by atoms with Crippen molar-refractivity contribution in [2.45, 2.75) is 18.9 Å². The van der Waals surface area contributed by atoms with Crippen LogP contribution in [0.3, 0.4) is 0 Å². The van der Waals surface area contributed by atoms with Crippen molar-refractivity contribution in [3.63, 3.8) is 0 Å². The number of halogens is 2. The van der Waals surface area contributed by atoms with Gasteiger partial charge in [-0.3, -0.25) is 9.78 Å². The summed E-state index contributed by atoms with van der Waals surface area (Å²) in [5.41, 5.74) is 2.00. The molecular weight excluding hydrogens is 365 g/mol. The van der Waals surface area contributed by atoms with E-state index in [1.807, 2.05) is 24.3 Å². The fourth-order valence-electron chi connectivity index (χ4n) is 3.50. The summed E-state index contributed by atoms with van der Waals surface area (Å²) < 4.78 is 13.9. The van der Waals surface area contributed by atoms with Crippen LogP contribution in [0.5, 0.6) is 0 Å². The lowest BCUT2D eigenvalue weighted by atomic mass is 10.0. The quantitative estimate of drug-likeness (QED) is 0.710. The van der Waals surface area contributed by atoms with Gasteiger partial charge in [0, 0.05) is 41.4 Å². The molecular formula is C21H19ClFN3O. The van der Waals surface area contributed by atoms with Gasteiger partial charge in [-0.2, -0.15) is 0 Å². The van der Waals surface area contributed by atoms with E-state index in [0.29, 0.717) is 18.1 Å². The number of fused-ring (bicyclic) bond motifs is 1. The SMILES string of the molecule is O=C(c1ccccc1F)N1CCC(Nc2ccnc3cc(Cl)ccc23)CC1. The van der Waals surface area contributed by atoms with Gasteiger partial charge in [-0.05, 0) is 49.2 Å². The van der Waals surface area contributed by atoms with Crippen LogP contribution in [0.4, 0.5) is 10.1 Å². The number of nitrogens with zero attached hydrogens (tertiary/aromatic N) is 2. The first-order valence-electron chi connectivity index (χ1n) is 8.96. The molecule has 6 heteroatoms. The zero-order chi connectivity index (χ0) is 18.8. The van der Waals surface area contributed by atoms with Crippen molar-refractivity contribution < 1.29 is 9.18 Å². The van der Waals surface area contributed by atoms with Crippen molar-refractivity contribution in [1.82, 2.24) is 9.88 Å². The molecule has 0 aliphatic carbocycles. The molecule has 4 rings (SSSR count). The highest BCUT2D eigenvalue weighted by Crippen LogP contribution is 2.27. The molecule has 0 radical (unpaired) electrons. The topological polar surface area (TPSA) is 45.2 Å². The van der Waals surface area contributed by atoms with Crippen molar-refractivity contribution >= 4 is 34.1 Å². The smallest absolute Gasteiger partial charge is 0.256 e. The molecule has 2 aromatic carbocycles. The Bertz CT molecular complexity index is 986. The lowest BCUT2D eigenvalue weighted by Gasteiger charge is -2.33. The summed E-state index contributed by atoms with van der Waals surface area (Å²) in [5.74, 6) is -0.708.